The van der Waals surface area contributed by atoms with Gasteiger partial charge in [-0.05, 0) is 17.5 Å². The van der Waals surface area contributed by atoms with Gasteiger partial charge in [-0.1, -0.05) is 32.4 Å². The average molecular weight is 248 g/mol. The lowest BCUT2D eigenvalue weighted by atomic mass is 9.97. The molecule has 2 nitrogen and oxygen atoms in total. The van der Waals surface area contributed by atoms with Crippen molar-refractivity contribution in [3.63, 3.8) is 0 Å². The number of aliphatic hydroxyl groups excluding tert-OH is 1. The van der Waals surface area contributed by atoms with Crippen molar-refractivity contribution in [3.8, 4) is 0 Å². The summed E-state index contributed by atoms with van der Waals surface area (Å²) in [6.07, 6.45) is -0.454. The monoisotopic (exact) mass is 247 g/mol. The van der Waals surface area contributed by atoms with Crippen LogP contribution >= 0.6 is 22.9 Å². The zero-order valence-corrected chi connectivity index (χ0v) is 11.0. The molecule has 0 aromatic carbocycles. The van der Waals surface area contributed by atoms with Crippen LogP contribution in [0.3, 0.4) is 0 Å². The van der Waals surface area contributed by atoms with E-state index in [1.54, 1.807) is 0 Å². The number of hydrogen-bond donors (Lipinski definition) is 2. The zero-order valence-electron chi connectivity index (χ0n) is 9.38. The van der Waals surface area contributed by atoms with Crippen molar-refractivity contribution in [2.45, 2.75) is 26.9 Å². The normalized spacial score (nSPS) is 14.2. The second-order valence-electron chi connectivity index (χ2n) is 4.85. The lowest BCUT2D eigenvalue weighted by Crippen LogP contribution is -2.30. The molecule has 15 heavy (non-hydrogen) atoms. The zero-order chi connectivity index (χ0) is 11.5. The van der Waals surface area contributed by atoms with Crippen LogP contribution in [0.4, 0.5) is 0 Å². The van der Waals surface area contributed by atoms with Gasteiger partial charge in [0.25, 0.3) is 0 Å². The Bertz CT molecular complexity index is 306. The van der Waals surface area contributed by atoms with E-state index >= 15 is 0 Å². The number of hydrogen-bond acceptors (Lipinski definition) is 3. The lowest BCUT2D eigenvalue weighted by Gasteiger charge is -2.20. The van der Waals surface area contributed by atoms with Crippen molar-refractivity contribution in [3.05, 3.63) is 21.3 Å². The SMILES string of the molecule is CC(C)(C)CNCC(O)c1ccc(Cl)s1. The van der Waals surface area contributed by atoms with E-state index in [1.165, 1.54) is 11.3 Å². The number of aliphatic hydroxyl groups is 1. The minimum atomic E-state index is -0.454. The Morgan fingerprint density at radius 3 is 2.60 bits per heavy atom. The Balaban J connectivity index is 2.34. The fourth-order valence-electron chi connectivity index (χ4n) is 1.19. The quantitative estimate of drug-likeness (QED) is 0.857. The van der Waals surface area contributed by atoms with E-state index in [0.717, 1.165) is 15.8 Å². The molecule has 0 amide bonds. The van der Waals surface area contributed by atoms with Crippen molar-refractivity contribution in [1.82, 2.24) is 5.32 Å². The number of rotatable bonds is 4. The second-order valence-corrected chi connectivity index (χ2v) is 6.60. The molecule has 1 rings (SSSR count). The van der Waals surface area contributed by atoms with Crippen molar-refractivity contribution < 1.29 is 5.11 Å². The molecule has 0 spiro atoms. The third kappa shape index (κ3) is 4.98. The van der Waals surface area contributed by atoms with Gasteiger partial charge in [-0.15, -0.1) is 11.3 Å². The van der Waals surface area contributed by atoms with Gasteiger partial charge < -0.3 is 10.4 Å². The highest BCUT2D eigenvalue weighted by atomic mass is 35.5. The number of nitrogens with one attached hydrogen (secondary N) is 1. The third-order valence-corrected chi connectivity index (χ3v) is 3.25. The van der Waals surface area contributed by atoms with Crippen LogP contribution in [-0.2, 0) is 0 Å². The predicted molar refractivity (Wildman–Crippen MR) is 66.6 cm³/mol. The largest absolute Gasteiger partial charge is 0.386 e. The summed E-state index contributed by atoms with van der Waals surface area (Å²) >= 11 is 7.23. The summed E-state index contributed by atoms with van der Waals surface area (Å²) in [6, 6.07) is 3.69. The van der Waals surface area contributed by atoms with Gasteiger partial charge in [0, 0.05) is 18.0 Å². The molecule has 0 fully saturated rings. The lowest BCUT2D eigenvalue weighted by molar-refractivity contribution is 0.173. The first-order valence-corrected chi connectivity index (χ1v) is 6.22. The molecular weight excluding hydrogens is 230 g/mol. The Morgan fingerprint density at radius 1 is 1.47 bits per heavy atom. The number of halogens is 1. The van der Waals surface area contributed by atoms with Crippen LogP contribution in [0, 0.1) is 5.41 Å². The Hall–Kier alpha value is -0.0900. The first-order chi connectivity index (χ1) is 6.88. The van der Waals surface area contributed by atoms with Gasteiger partial charge in [0.1, 0.15) is 6.10 Å². The summed E-state index contributed by atoms with van der Waals surface area (Å²) in [5.74, 6) is 0. The maximum atomic E-state index is 9.82. The molecule has 0 aliphatic carbocycles. The second kappa shape index (κ2) is 5.30. The number of thiophene rings is 1. The van der Waals surface area contributed by atoms with E-state index in [9.17, 15) is 5.11 Å². The van der Waals surface area contributed by atoms with Crippen LogP contribution in [0.2, 0.25) is 4.34 Å². The fourth-order valence-corrected chi connectivity index (χ4v) is 2.24. The smallest absolute Gasteiger partial charge is 0.101 e. The molecular formula is C11H18ClNOS. The summed E-state index contributed by atoms with van der Waals surface area (Å²) in [4.78, 5) is 0.918. The molecule has 0 radical (unpaired) electrons. The molecule has 1 heterocycles. The van der Waals surface area contributed by atoms with Crippen LogP contribution in [-0.4, -0.2) is 18.2 Å². The highest BCUT2D eigenvalue weighted by Gasteiger charge is 2.13. The molecule has 1 unspecified atom stereocenters. The van der Waals surface area contributed by atoms with Crippen molar-refractivity contribution >= 4 is 22.9 Å². The Kier molecular flexibility index (Phi) is 4.59. The van der Waals surface area contributed by atoms with Gasteiger partial charge in [-0.3, -0.25) is 0 Å². The van der Waals surface area contributed by atoms with E-state index in [0.29, 0.717) is 6.54 Å². The topological polar surface area (TPSA) is 32.3 Å². The molecule has 1 atom stereocenters. The summed E-state index contributed by atoms with van der Waals surface area (Å²) < 4.78 is 0.722. The van der Waals surface area contributed by atoms with Crippen LogP contribution < -0.4 is 5.32 Å². The maximum Gasteiger partial charge on any atom is 0.101 e. The summed E-state index contributed by atoms with van der Waals surface area (Å²) in [6.45, 7) is 7.95. The highest BCUT2D eigenvalue weighted by Crippen LogP contribution is 2.26. The average Bonchev–Trinajstić information content (AvgIpc) is 2.49. The van der Waals surface area contributed by atoms with Gasteiger partial charge in [-0.2, -0.15) is 0 Å². The molecule has 0 aliphatic heterocycles. The van der Waals surface area contributed by atoms with Crippen molar-refractivity contribution in [2.75, 3.05) is 13.1 Å². The van der Waals surface area contributed by atoms with Crippen LogP contribution in [0.15, 0.2) is 12.1 Å². The molecule has 0 saturated carbocycles. The first-order valence-electron chi connectivity index (χ1n) is 5.02. The molecule has 0 saturated heterocycles. The van der Waals surface area contributed by atoms with Gasteiger partial charge in [-0.25, -0.2) is 0 Å². The van der Waals surface area contributed by atoms with E-state index in [4.69, 9.17) is 11.6 Å². The van der Waals surface area contributed by atoms with Crippen molar-refractivity contribution in [1.29, 1.82) is 0 Å². The van der Waals surface area contributed by atoms with E-state index in [-0.39, 0.29) is 5.41 Å². The molecule has 4 heteroatoms. The van der Waals surface area contributed by atoms with Crippen LogP contribution in [0.5, 0.6) is 0 Å². The van der Waals surface area contributed by atoms with E-state index in [1.807, 2.05) is 12.1 Å². The first kappa shape index (κ1) is 13.0. The van der Waals surface area contributed by atoms with E-state index < -0.39 is 6.10 Å². The van der Waals surface area contributed by atoms with Crippen LogP contribution in [0.1, 0.15) is 31.8 Å². The molecule has 0 aliphatic rings. The standard InChI is InChI=1S/C11H18ClNOS/c1-11(2,3)7-13-6-8(14)9-4-5-10(12)15-9/h4-5,8,13-14H,6-7H2,1-3H3. The highest BCUT2D eigenvalue weighted by molar-refractivity contribution is 7.16. The molecule has 1 aromatic rings. The molecule has 2 N–H and O–H groups in total. The summed E-state index contributed by atoms with van der Waals surface area (Å²) in [5, 5.41) is 13.1. The van der Waals surface area contributed by atoms with Gasteiger partial charge >= 0.3 is 0 Å². The minimum Gasteiger partial charge on any atom is -0.386 e. The minimum absolute atomic E-state index is 0.243. The van der Waals surface area contributed by atoms with Crippen LogP contribution in [0.25, 0.3) is 0 Å². The molecule has 0 bridgehead atoms. The Morgan fingerprint density at radius 2 is 2.13 bits per heavy atom. The maximum absolute atomic E-state index is 9.82. The van der Waals surface area contributed by atoms with E-state index in [2.05, 4.69) is 26.1 Å². The summed E-state index contributed by atoms with van der Waals surface area (Å²) in [7, 11) is 0. The predicted octanol–water partition coefficient (Wildman–Crippen LogP) is 3.07. The van der Waals surface area contributed by atoms with Crippen molar-refractivity contribution in [2.24, 2.45) is 5.41 Å². The van der Waals surface area contributed by atoms with Gasteiger partial charge in [0.15, 0.2) is 0 Å². The van der Waals surface area contributed by atoms with Gasteiger partial charge in [0.2, 0.25) is 0 Å². The Labute approximate surface area is 100 Å². The summed E-state index contributed by atoms with van der Waals surface area (Å²) in [5.41, 5.74) is 0.243. The fraction of sp³-hybridized carbons (Fsp3) is 0.636. The molecule has 1 aromatic heterocycles. The van der Waals surface area contributed by atoms with Gasteiger partial charge in [0.05, 0.1) is 4.34 Å². The molecule has 86 valence electrons. The third-order valence-electron chi connectivity index (χ3n) is 1.92.